The molecule has 0 fully saturated rings. The standard InChI is InChI=1S/C5H10O3.C5H12O2.C5H10O2.Na/c1-5(2,3-6)4(7)8;2*1-5(2,3-6)4-7;/h6H,3H2,1-2H3,(H,7,8);6-7H,3-4H2,1-2H3;3,7H,4H2,1-2H3;/q;;;+1/p-1. The molecule has 23 heavy (non-hydrogen) atoms. The average molecular weight is 346 g/mol. The first-order valence-corrected chi connectivity index (χ1v) is 6.86. The SMILES string of the molecule is CC(C)(C=O)CO.CC(C)(CO)C(=O)[O-].CC(C)(CO)CO.[Na+]. The normalized spacial score (nSPS) is 11.0. The zero-order valence-electron chi connectivity index (χ0n) is 15.4. The van der Waals surface area contributed by atoms with Crippen molar-refractivity contribution in [2.24, 2.45) is 16.2 Å². The van der Waals surface area contributed by atoms with Gasteiger partial charge in [0.2, 0.25) is 0 Å². The van der Waals surface area contributed by atoms with Gasteiger partial charge in [-0.05, 0) is 0 Å². The first kappa shape index (κ1) is 30.8. The smallest absolute Gasteiger partial charge is 0.549 e. The molecule has 0 amide bonds. The van der Waals surface area contributed by atoms with Gasteiger partial charge < -0.3 is 35.1 Å². The molecule has 0 radical (unpaired) electrons. The van der Waals surface area contributed by atoms with Gasteiger partial charge in [0.25, 0.3) is 0 Å². The van der Waals surface area contributed by atoms with Gasteiger partial charge in [0, 0.05) is 22.2 Å². The van der Waals surface area contributed by atoms with Crippen molar-refractivity contribution < 1.29 is 64.7 Å². The molecule has 0 saturated carbocycles. The third-order valence-corrected chi connectivity index (χ3v) is 2.53. The van der Waals surface area contributed by atoms with Crippen molar-refractivity contribution >= 4 is 12.3 Å². The predicted octanol–water partition coefficient (Wildman–Crippen LogP) is -4.04. The maximum absolute atomic E-state index is 9.98. The van der Waals surface area contributed by atoms with Crippen LogP contribution >= 0.6 is 0 Å². The molecule has 0 aromatic heterocycles. The Kier molecular flexibility index (Phi) is 19.2. The van der Waals surface area contributed by atoms with E-state index in [1.807, 2.05) is 0 Å². The van der Waals surface area contributed by atoms with E-state index in [9.17, 15) is 14.7 Å². The van der Waals surface area contributed by atoms with Gasteiger partial charge in [0.15, 0.2) is 0 Å². The molecule has 0 saturated heterocycles. The van der Waals surface area contributed by atoms with Crippen LogP contribution in [0.4, 0.5) is 0 Å². The topological polar surface area (TPSA) is 138 Å². The van der Waals surface area contributed by atoms with E-state index in [-0.39, 0.29) is 61.4 Å². The number of aliphatic hydroxyl groups is 4. The van der Waals surface area contributed by atoms with Gasteiger partial charge in [-0.15, -0.1) is 0 Å². The fraction of sp³-hybridized carbons (Fsp3) is 0.867. The number of hydrogen-bond donors (Lipinski definition) is 4. The van der Waals surface area contributed by atoms with Gasteiger partial charge >= 0.3 is 29.6 Å². The molecule has 0 aliphatic rings. The van der Waals surface area contributed by atoms with Crippen LogP contribution in [0, 0.1) is 16.2 Å². The second-order valence-electron chi connectivity index (χ2n) is 7.07. The summed E-state index contributed by atoms with van der Waals surface area (Å²) < 4.78 is 0. The number of aldehydes is 1. The summed E-state index contributed by atoms with van der Waals surface area (Å²) in [4.78, 5) is 19.9. The largest absolute Gasteiger partial charge is 1.00 e. The summed E-state index contributed by atoms with van der Waals surface area (Å²) in [6.07, 6.45) is 0.743. The summed E-state index contributed by atoms with van der Waals surface area (Å²) in [7, 11) is 0. The number of carbonyl (C=O) groups is 2. The second-order valence-corrected chi connectivity index (χ2v) is 7.07. The van der Waals surface area contributed by atoms with E-state index in [2.05, 4.69) is 0 Å². The van der Waals surface area contributed by atoms with Crippen molar-refractivity contribution in [3.05, 3.63) is 0 Å². The summed E-state index contributed by atoms with van der Waals surface area (Å²) in [6.45, 7) is 9.41. The first-order chi connectivity index (χ1) is 9.75. The van der Waals surface area contributed by atoms with Crippen LogP contribution in [-0.2, 0) is 9.59 Å². The maximum Gasteiger partial charge on any atom is 1.00 e. The van der Waals surface area contributed by atoms with E-state index < -0.39 is 16.8 Å². The predicted molar refractivity (Wildman–Crippen MR) is 80.8 cm³/mol. The Bertz CT molecular complexity index is 309. The van der Waals surface area contributed by atoms with Crippen LogP contribution < -0.4 is 34.7 Å². The first-order valence-electron chi connectivity index (χ1n) is 6.86. The summed E-state index contributed by atoms with van der Waals surface area (Å²) in [5.41, 5.74) is -1.94. The molecule has 0 heterocycles. The molecule has 0 aliphatic heterocycles. The van der Waals surface area contributed by atoms with Crippen molar-refractivity contribution in [1.82, 2.24) is 0 Å². The molecule has 0 atom stereocenters. The van der Waals surface area contributed by atoms with Crippen LogP contribution in [0.2, 0.25) is 0 Å². The third kappa shape index (κ3) is 19.9. The van der Waals surface area contributed by atoms with Crippen molar-refractivity contribution in [3.8, 4) is 0 Å². The second kappa shape index (κ2) is 14.3. The van der Waals surface area contributed by atoms with Crippen LogP contribution in [-0.4, -0.2) is 59.1 Å². The van der Waals surface area contributed by atoms with E-state index in [0.717, 1.165) is 6.29 Å². The minimum absolute atomic E-state index is 0. The van der Waals surface area contributed by atoms with Gasteiger partial charge in [0.1, 0.15) is 6.29 Å². The number of carboxylic acid groups (broad SMARTS) is 1. The van der Waals surface area contributed by atoms with Gasteiger partial charge in [-0.3, -0.25) is 0 Å². The molecular weight excluding hydrogens is 315 g/mol. The number of rotatable bonds is 6. The van der Waals surface area contributed by atoms with Crippen LogP contribution in [0.15, 0.2) is 0 Å². The van der Waals surface area contributed by atoms with E-state index in [4.69, 9.17) is 20.4 Å². The Balaban J connectivity index is -0.000000116. The maximum atomic E-state index is 9.98. The minimum atomic E-state index is -1.22. The van der Waals surface area contributed by atoms with Gasteiger partial charge in [-0.25, -0.2) is 0 Å². The molecule has 0 aromatic rings. The summed E-state index contributed by atoms with van der Waals surface area (Å²) >= 11 is 0. The van der Waals surface area contributed by atoms with E-state index in [1.165, 1.54) is 13.8 Å². The molecule has 0 bridgehead atoms. The van der Waals surface area contributed by atoms with Crippen molar-refractivity contribution in [1.29, 1.82) is 0 Å². The number of carboxylic acids is 1. The van der Waals surface area contributed by atoms with Crippen molar-refractivity contribution in [2.45, 2.75) is 41.5 Å². The number of hydrogen-bond acceptors (Lipinski definition) is 7. The summed E-state index contributed by atoms with van der Waals surface area (Å²) in [5.74, 6) is -1.22. The Morgan fingerprint density at radius 3 is 1.22 bits per heavy atom. The molecule has 134 valence electrons. The van der Waals surface area contributed by atoms with Crippen LogP contribution in [0.25, 0.3) is 0 Å². The fourth-order valence-electron chi connectivity index (χ4n) is 0.152. The Morgan fingerprint density at radius 1 is 0.870 bits per heavy atom. The quantitative estimate of drug-likeness (QED) is 0.284. The van der Waals surface area contributed by atoms with E-state index >= 15 is 0 Å². The van der Waals surface area contributed by atoms with Crippen LogP contribution in [0.3, 0.4) is 0 Å². The molecule has 0 rings (SSSR count). The van der Waals surface area contributed by atoms with Gasteiger partial charge in [0.05, 0.1) is 26.4 Å². The number of carbonyl (C=O) groups excluding carboxylic acids is 2. The van der Waals surface area contributed by atoms with E-state index in [1.54, 1.807) is 27.7 Å². The van der Waals surface area contributed by atoms with Crippen molar-refractivity contribution in [3.63, 3.8) is 0 Å². The monoisotopic (exact) mass is 346 g/mol. The zero-order chi connectivity index (χ0) is 18.6. The third-order valence-electron chi connectivity index (χ3n) is 2.53. The molecule has 4 N–H and O–H groups in total. The Labute approximate surface area is 161 Å². The van der Waals surface area contributed by atoms with Crippen LogP contribution in [0.1, 0.15) is 41.5 Å². The van der Waals surface area contributed by atoms with Gasteiger partial charge in [-0.1, -0.05) is 41.5 Å². The molecule has 0 aromatic carbocycles. The summed E-state index contributed by atoms with van der Waals surface area (Å²) in [6, 6.07) is 0. The Hall–Kier alpha value is -0.0200. The Morgan fingerprint density at radius 2 is 1.22 bits per heavy atom. The van der Waals surface area contributed by atoms with Crippen LogP contribution in [0.5, 0.6) is 0 Å². The van der Waals surface area contributed by atoms with E-state index in [0.29, 0.717) is 0 Å². The molecule has 0 spiro atoms. The minimum Gasteiger partial charge on any atom is -0.549 e. The number of aliphatic carboxylic acids is 1. The zero-order valence-corrected chi connectivity index (χ0v) is 17.4. The molecular formula is C15H31NaO7. The number of aliphatic hydroxyl groups excluding tert-OH is 4. The van der Waals surface area contributed by atoms with Gasteiger partial charge in [-0.2, -0.15) is 0 Å². The fourth-order valence-corrected chi connectivity index (χ4v) is 0.152. The molecule has 0 aliphatic carbocycles. The molecule has 8 heteroatoms. The van der Waals surface area contributed by atoms with Crippen molar-refractivity contribution in [2.75, 3.05) is 26.4 Å². The summed E-state index contributed by atoms with van der Waals surface area (Å²) in [5, 5.41) is 43.6. The average Bonchev–Trinajstić information content (AvgIpc) is 2.48. The molecule has 7 nitrogen and oxygen atoms in total. The molecule has 0 unspecified atom stereocenters.